The molecule has 0 aliphatic carbocycles. The highest BCUT2D eigenvalue weighted by molar-refractivity contribution is 7.92. The number of carbonyl (C=O) groups is 2. The van der Waals surface area contributed by atoms with E-state index in [1.54, 1.807) is 29.2 Å². The minimum Gasteiger partial charge on any atom is -0.497 e. The average molecular weight is 462 g/mol. The summed E-state index contributed by atoms with van der Waals surface area (Å²) in [5.41, 5.74) is 2.31. The van der Waals surface area contributed by atoms with E-state index >= 15 is 0 Å². The predicted octanol–water partition coefficient (Wildman–Crippen LogP) is 2.54. The first-order chi connectivity index (χ1) is 15.1. The van der Waals surface area contributed by atoms with Gasteiger partial charge in [-0.2, -0.15) is 0 Å². The number of sulfonamides is 1. The monoisotopic (exact) mass is 461 g/mol. The molecule has 2 aromatic carbocycles. The Balaban J connectivity index is 1.86. The van der Waals surface area contributed by atoms with Gasteiger partial charge in [-0.15, -0.1) is 0 Å². The minimum absolute atomic E-state index is 0.0462. The highest BCUT2D eigenvalue weighted by Crippen LogP contribution is 2.34. The Kier molecular flexibility index (Phi) is 6.93. The van der Waals surface area contributed by atoms with E-state index in [1.165, 1.54) is 20.3 Å². The van der Waals surface area contributed by atoms with Gasteiger partial charge in [0.05, 0.1) is 26.2 Å². The van der Waals surface area contributed by atoms with Gasteiger partial charge in [-0.05, 0) is 43.2 Å². The fourth-order valence-electron chi connectivity index (χ4n) is 3.58. The van der Waals surface area contributed by atoms with Crippen LogP contribution in [-0.2, 0) is 19.6 Å². The zero-order valence-corrected chi connectivity index (χ0v) is 19.4. The number of ether oxygens (including phenoxy) is 2. The Morgan fingerprint density at radius 3 is 2.50 bits per heavy atom. The molecule has 3 rings (SSSR count). The van der Waals surface area contributed by atoms with Crippen LogP contribution in [0.3, 0.4) is 0 Å². The van der Waals surface area contributed by atoms with E-state index in [-0.39, 0.29) is 17.3 Å². The molecule has 10 heteroatoms. The number of hydrogen-bond acceptors (Lipinski definition) is 6. The molecule has 9 nitrogen and oxygen atoms in total. The summed E-state index contributed by atoms with van der Waals surface area (Å²) in [6.07, 6.45) is 2.31. The van der Waals surface area contributed by atoms with Crippen molar-refractivity contribution >= 4 is 38.9 Å². The average Bonchev–Trinajstić information content (AvgIpc) is 3.17. The molecule has 0 aromatic heterocycles. The van der Waals surface area contributed by atoms with Crippen molar-refractivity contribution in [2.24, 2.45) is 0 Å². The zero-order valence-electron chi connectivity index (χ0n) is 18.5. The Morgan fingerprint density at radius 1 is 1.16 bits per heavy atom. The van der Waals surface area contributed by atoms with Crippen LogP contribution in [0.5, 0.6) is 11.5 Å². The molecule has 2 amide bonds. The predicted molar refractivity (Wildman–Crippen MR) is 123 cm³/mol. The molecule has 0 radical (unpaired) electrons. The van der Waals surface area contributed by atoms with E-state index in [9.17, 15) is 18.0 Å². The van der Waals surface area contributed by atoms with Crippen LogP contribution in [0.15, 0.2) is 36.4 Å². The van der Waals surface area contributed by atoms with Gasteiger partial charge in [-0.1, -0.05) is 6.07 Å². The standard InChI is InChI=1S/C22H27N3O6S/c1-15-7-8-16(12-18(15)24-11-5-6-22(24)27)23-21(26)14-25(32(4,28)29)19-13-17(30-2)9-10-20(19)31-3/h7-10,12-13H,5-6,11,14H2,1-4H3,(H,23,26). The van der Waals surface area contributed by atoms with E-state index in [1.807, 2.05) is 13.0 Å². The molecule has 1 heterocycles. The summed E-state index contributed by atoms with van der Waals surface area (Å²) in [6, 6.07) is 9.97. The first kappa shape index (κ1) is 23.4. The lowest BCUT2D eigenvalue weighted by Gasteiger charge is -2.24. The lowest BCUT2D eigenvalue weighted by Crippen LogP contribution is -2.37. The van der Waals surface area contributed by atoms with Crippen LogP contribution < -0.4 is 24.0 Å². The molecule has 2 aromatic rings. The number of rotatable bonds is 8. The molecule has 1 saturated heterocycles. The smallest absolute Gasteiger partial charge is 0.245 e. The van der Waals surface area contributed by atoms with Crippen LogP contribution in [0.25, 0.3) is 0 Å². The molecule has 32 heavy (non-hydrogen) atoms. The SMILES string of the molecule is COc1ccc(OC)c(N(CC(=O)Nc2ccc(C)c(N3CCCC3=O)c2)S(C)(=O)=O)c1. The number of hydrogen-bond donors (Lipinski definition) is 1. The van der Waals surface area contributed by atoms with Crippen LogP contribution in [0.1, 0.15) is 18.4 Å². The number of nitrogens with one attached hydrogen (secondary N) is 1. The van der Waals surface area contributed by atoms with Crippen molar-refractivity contribution in [2.45, 2.75) is 19.8 Å². The molecule has 0 spiro atoms. The molecule has 1 fully saturated rings. The fraction of sp³-hybridized carbons (Fsp3) is 0.364. The van der Waals surface area contributed by atoms with Crippen LogP contribution in [0.2, 0.25) is 0 Å². The number of aryl methyl sites for hydroxylation is 1. The Labute approximate surface area is 188 Å². The molecule has 0 unspecified atom stereocenters. The van der Waals surface area contributed by atoms with E-state index < -0.39 is 22.5 Å². The van der Waals surface area contributed by atoms with Crippen molar-refractivity contribution in [1.82, 2.24) is 0 Å². The first-order valence-electron chi connectivity index (χ1n) is 10.0. The van der Waals surface area contributed by atoms with Gasteiger partial charge in [0.15, 0.2) is 0 Å². The summed E-state index contributed by atoms with van der Waals surface area (Å²) in [5, 5.41) is 2.73. The van der Waals surface area contributed by atoms with Crippen molar-refractivity contribution in [3.63, 3.8) is 0 Å². The molecule has 172 valence electrons. The second-order valence-corrected chi connectivity index (χ2v) is 9.41. The van der Waals surface area contributed by atoms with Gasteiger partial charge in [0, 0.05) is 30.4 Å². The Hall–Kier alpha value is -3.27. The van der Waals surface area contributed by atoms with Gasteiger partial charge in [-0.3, -0.25) is 13.9 Å². The highest BCUT2D eigenvalue weighted by Gasteiger charge is 2.26. The molecular formula is C22H27N3O6S. The fourth-order valence-corrected chi connectivity index (χ4v) is 4.44. The Bertz CT molecular complexity index is 1130. The lowest BCUT2D eigenvalue weighted by molar-refractivity contribution is -0.117. The third-order valence-electron chi connectivity index (χ3n) is 5.20. The molecule has 0 atom stereocenters. The normalized spacial score (nSPS) is 13.8. The summed E-state index contributed by atoms with van der Waals surface area (Å²) in [6.45, 7) is 2.07. The quantitative estimate of drug-likeness (QED) is 0.648. The van der Waals surface area contributed by atoms with Gasteiger partial charge >= 0.3 is 0 Å². The van der Waals surface area contributed by atoms with Gasteiger partial charge < -0.3 is 19.7 Å². The number of methoxy groups -OCH3 is 2. The minimum atomic E-state index is -3.81. The zero-order chi connectivity index (χ0) is 23.5. The second-order valence-electron chi connectivity index (χ2n) is 7.51. The van der Waals surface area contributed by atoms with Crippen LogP contribution in [-0.4, -0.2) is 53.8 Å². The maximum absolute atomic E-state index is 12.8. The van der Waals surface area contributed by atoms with Crippen LogP contribution >= 0.6 is 0 Å². The van der Waals surface area contributed by atoms with Crippen LogP contribution in [0, 0.1) is 6.92 Å². The third-order valence-corrected chi connectivity index (χ3v) is 6.33. The first-order valence-corrected chi connectivity index (χ1v) is 11.9. The van der Waals surface area contributed by atoms with Crippen molar-refractivity contribution < 1.29 is 27.5 Å². The van der Waals surface area contributed by atoms with E-state index in [0.717, 1.165) is 28.2 Å². The highest BCUT2D eigenvalue weighted by atomic mass is 32.2. The topological polar surface area (TPSA) is 105 Å². The lowest BCUT2D eigenvalue weighted by atomic mass is 10.1. The largest absolute Gasteiger partial charge is 0.497 e. The third kappa shape index (κ3) is 5.13. The molecule has 0 saturated carbocycles. The summed E-state index contributed by atoms with van der Waals surface area (Å²) < 4.78 is 36.4. The van der Waals surface area contributed by atoms with Gasteiger partial charge in [-0.25, -0.2) is 8.42 Å². The second kappa shape index (κ2) is 9.47. The van der Waals surface area contributed by atoms with Crippen molar-refractivity contribution in [3.8, 4) is 11.5 Å². The number of benzene rings is 2. The number of anilines is 3. The maximum Gasteiger partial charge on any atom is 0.245 e. The van der Waals surface area contributed by atoms with E-state index in [0.29, 0.717) is 24.4 Å². The molecule has 1 aliphatic heterocycles. The summed E-state index contributed by atoms with van der Waals surface area (Å²) in [5.74, 6) is 0.218. The number of amides is 2. The van der Waals surface area contributed by atoms with Crippen molar-refractivity contribution in [2.75, 3.05) is 48.1 Å². The molecule has 0 bridgehead atoms. The van der Waals surface area contributed by atoms with E-state index in [2.05, 4.69) is 5.32 Å². The molecule has 1 aliphatic rings. The van der Waals surface area contributed by atoms with Crippen molar-refractivity contribution in [1.29, 1.82) is 0 Å². The number of nitrogens with zero attached hydrogens (tertiary/aromatic N) is 2. The maximum atomic E-state index is 12.8. The molecular weight excluding hydrogens is 434 g/mol. The van der Waals surface area contributed by atoms with Gasteiger partial charge in [0.25, 0.3) is 0 Å². The van der Waals surface area contributed by atoms with Crippen LogP contribution in [0.4, 0.5) is 17.1 Å². The van der Waals surface area contributed by atoms with E-state index in [4.69, 9.17) is 9.47 Å². The Morgan fingerprint density at radius 2 is 1.91 bits per heavy atom. The van der Waals surface area contributed by atoms with Crippen molar-refractivity contribution in [3.05, 3.63) is 42.0 Å². The summed E-state index contributed by atoms with van der Waals surface area (Å²) >= 11 is 0. The molecule has 1 N–H and O–H groups in total. The van der Waals surface area contributed by atoms with Gasteiger partial charge in [0.1, 0.15) is 18.0 Å². The number of carbonyl (C=O) groups excluding carboxylic acids is 2. The summed E-state index contributed by atoms with van der Waals surface area (Å²) in [7, 11) is -0.937. The van der Waals surface area contributed by atoms with Gasteiger partial charge in [0.2, 0.25) is 21.8 Å². The summed E-state index contributed by atoms with van der Waals surface area (Å²) in [4.78, 5) is 26.6.